The number of amides is 3. The van der Waals surface area contributed by atoms with Crippen LogP contribution in [0.25, 0.3) is 10.9 Å². The van der Waals surface area contributed by atoms with Crippen molar-refractivity contribution in [2.45, 2.75) is 0 Å². The highest BCUT2D eigenvalue weighted by molar-refractivity contribution is 6.08. The second-order valence-corrected chi connectivity index (χ2v) is 6.59. The molecule has 2 aromatic carbocycles. The molecule has 0 aliphatic rings. The molecule has 3 N–H and O–H groups in total. The smallest absolute Gasteiger partial charge is 0.291 e. The van der Waals surface area contributed by atoms with Gasteiger partial charge in [-0.2, -0.15) is 0 Å². The zero-order valence-electron chi connectivity index (χ0n) is 16.0. The number of hydrogen-bond donors (Lipinski definition) is 3. The van der Waals surface area contributed by atoms with Crippen LogP contribution in [0.3, 0.4) is 0 Å². The van der Waals surface area contributed by atoms with E-state index in [2.05, 4.69) is 16.2 Å². The normalized spacial score (nSPS) is 10.6. The summed E-state index contributed by atoms with van der Waals surface area (Å²) in [5.41, 5.74) is 7.05. The van der Waals surface area contributed by atoms with Crippen molar-refractivity contribution in [2.24, 2.45) is 7.05 Å². The number of hydrogen-bond acceptors (Lipinski definition) is 4. The molecule has 0 bridgehead atoms. The maximum atomic E-state index is 12.5. The van der Waals surface area contributed by atoms with Crippen LogP contribution in [0.15, 0.2) is 77.5 Å². The molecule has 0 aliphatic carbocycles. The number of anilines is 1. The van der Waals surface area contributed by atoms with E-state index in [0.29, 0.717) is 16.8 Å². The second-order valence-electron chi connectivity index (χ2n) is 6.59. The van der Waals surface area contributed by atoms with Crippen molar-refractivity contribution in [3.8, 4) is 0 Å². The van der Waals surface area contributed by atoms with Gasteiger partial charge >= 0.3 is 0 Å². The fraction of sp³-hybridized carbons (Fsp3) is 0.0455. The fourth-order valence-electron chi connectivity index (χ4n) is 3.08. The standard InChI is InChI=1S/C22H18N4O4/c1-26-13-17(16-5-2-3-6-18(16)26)21(28)25-24-20(27)14-8-10-15(11-9-14)23-22(29)19-7-4-12-30-19/h2-13H,1H3,(H,23,29)(H,24,27)(H,25,28). The van der Waals surface area contributed by atoms with Crippen molar-refractivity contribution < 1.29 is 18.8 Å². The third-order valence-corrected chi connectivity index (χ3v) is 4.58. The maximum Gasteiger partial charge on any atom is 0.291 e. The van der Waals surface area contributed by atoms with Crippen LogP contribution < -0.4 is 16.2 Å². The Morgan fingerprint density at radius 3 is 2.30 bits per heavy atom. The minimum atomic E-state index is -0.479. The fourth-order valence-corrected chi connectivity index (χ4v) is 3.08. The van der Waals surface area contributed by atoms with Crippen LogP contribution in [0.2, 0.25) is 0 Å². The predicted octanol–water partition coefficient (Wildman–Crippen LogP) is 3.10. The van der Waals surface area contributed by atoms with E-state index in [1.807, 2.05) is 35.9 Å². The molecule has 4 aromatic rings. The van der Waals surface area contributed by atoms with E-state index < -0.39 is 11.8 Å². The van der Waals surface area contributed by atoms with Crippen LogP contribution in [-0.2, 0) is 7.05 Å². The zero-order valence-corrected chi connectivity index (χ0v) is 16.0. The van der Waals surface area contributed by atoms with Gasteiger partial charge in [0.2, 0.25) is 0 Å². The van der Waals surface area contributed by atoms with Gasteiger partial charge in [-0.05, 0) is 42.5 Å². The summed E-state index contributed by atoms with van der Waals surface area (Å²) in [6, 6.07) is 16.9. The van der Waals surface area contributed by atoms with Gasteiger partial charge in [0.25, 0.3) is 17.7 Å². The van der Waals surface area contributed by atoms with E-state index >= 15 is 0 Å². The molecule has 2 aromatic heterocycles. The Kier molecular flexibility index (Phi) is 5.04. The number of hydrazine groups is 1. The van der Waals surface area contributed by atoms with Gasteiger partial charge in [-0.3, -0.25) is 25.2 Å². The SMILES string of the molecule is Cn1cc(C(=O)NNC(=O)c2ccc(NC(=O)c3ccco3)cc2)c2ccccc21. The van der Waals surface area contributed by atoms with Crippen LogP contribution in [0.5, 0.6) is 0 Å². The number of furan rings is 1. The molecule has 8 heteroatoms. The number of para-hydroxylation sites is 1. The molecule has 4 rings (SSSR count). The van der Waals surface area contributed by atoms with Crippen molar-refractivity contribution in [3.05, 3.63) is 90.0 Å². The number of aryl methyl sites for hydroxylation is 1. The van der Waals surface area contributed by atoms with E-state index in [1.165, 1.54) is 18.4 Å². The van der Waals surface area contributed by atoms with Gasteiger partial charge in [-0.1, -0.05) is 18.2 Å². The molecule has 2 heterocycles. The third-order valence-electron chi connectivity index (χ3n) is 4.58. The summed E-state index contributed by atoms with van der Waals surface area (Å²) >= 11 is 0. The van der Waals surface area contributed by atoms with E-state index in [9.17, 15) is 14.4 Å². The summed E-state index contributed by atoms with van der Waals surface area (Å²) in [7, 11) is 1.85. The molecule has 150 valence electrons. The number of carbonyl (C=O) groups is 3. The Labute approximate surface area is 171 Å². The maximum absolute atomic E-state index is 12.5. The first-order chi connectivity index (χ1) is 14.5. The number of benzene rings is 2. The Morgan fingerprint density at radius 2 is 1.57 bits per heavy atom. The minimum absolute atomic E-state index is 0.188. The van der Waals surface area contributed by atoms with Gasteiger partial charge in [-0.25, -0.2) is 0 Å². The summed E-state index contributed by atoms with van der Waals surface area (Å²) in [6.07, 6.45) is 3.12. The predicted molar refractivity (Wildman–Crippen MR) is 111 cm³/mol. The van der Waals surface area contributed by atoms with Gasteiger partial charge in [0.05, 0.1) is 11.8 Å². The molecule has 3 amide bonds. The van der Waals surface area contributed by atoms with Crippen LogP contribution in [0.1, 0.15) is 31.3 Å². The Hall–Kier alpha value is -4.33. The molecule has 0 spiro atoms. The van der Waals surface area contributed by atoms with Crippen molar-refractivity contribution >= 4 is 34.3 Å². The van der Waals surface area contributed by atoms with Gasteiger partial charge in [0, 0.05) is 35.4 Å². The highest BCUT2D eigenvalue weighted by Gasteiger charge is 2.15. The molecule has 0 saturated heterocycles. The molecule has 8 nitrogen and oxygen atoms in total. The first-order valence-electron chi connectivity index (χ1n) is 9.12. The first kappa shape index (κ1) is 19.0. The monoisotopic (exact) mass is 402 g/mol. The molecule has 0 aliphatic heterocycles. The number of rotatable bonds is 4. The zero-order chi connectivity index (χ0) is 21.1. The van der Waals surface area contributed by atoms with E-state index in [4.69, 9.17) is 4.42 Å². The van der Waals surface area contributed by atoms with Gasteiger partial charge < -0.3 is 14.3 Å². The summed E-state index contributed by atoms with van der Waals surface area (Å²) in [6.45, 7) is 0. The topological polar surface area (TPSA) is 105 Å². The molecular weight excluding hydrogens is 384 g/mol. The lowest BCUT2D eigenvalue weighted by Gasteiger charge is -2.08. The van der Waals surface area contributed by atoms with E-state index in [1.54, 1.807) is 30.5 Å². The lowest BCUT2D eigenvalue weighted by molar-refractivity contribution is 0.0847. The summed E-state index contributed by atoms with van der Waals surface area (Å²) in [5, 5.41) is 3.46. The van der Waals surface area contributed by atoms with E-state index in [0.717, 1.165) is 10.9 Å². The number of nitrogens with one attached hydrogen (secondary N) is 3. The molecule has 30 heavy (non-hydrogen) atoms. The van der Waals surface area contributed by atoms with E-state index in [-0.39, 0.29) is 11.7 Å². The van der Waals surface area contributed by atoms with Gasteiger partial charge in [-0.15, -0.1) is 0 Å². The number of nitrogens with zero attached hydrogens (tertiary/aromatic N) is 1. The first-order valence-corrected chi connectivity index (χ1v) is 9.12. The summed E-state index contributed by atoms with van der Waals surface area (Å²) in [5.74, 6) is -1.09. The summed E-state index contributed by atoms with van der Waals surface area (Å²) < 4.78 is 6.88. The number of fused-ring (bicyclic) bond motifs is 1. The lowest BCUT2D eigenvalue weighted by atomic mass is 10.1. The van der Waals surface area contributed by atoms with Crippen LogP contribution in [0.4, 0.5) is 5.69 Å². The lowest BCUT2D eigenvalue weighted by Crippen LogP contribution is -2.41. The Balaban J connectivity index is 1.38. The minimum Gasteiger partial charge on any atom is -0.459 e. The molecule has 0 fully saturated rings. The van der Waals surface area contributed by atoms with Crippen molar-refractivity contribution in [2.75, 3.05) is 5.32 Å². The Bertz CT molecular complexity index is 1220. The van der Waals surface area contributed by atoms with Crippen molar-refractivity contribution in [1.82, 2.24) is 15.4 Å². The summed E-state index contributed by atoms with van der Waals surface area (Å²) in [4.78, 5) is 36.8. The largest absolute Gasteiger partial charge is 0.459 e. The average Bonchev–Trinajstić information content (AvgIpc) is 3.41. The molecular formula is C22H18N4O4. The number of carbonyl (C=O) groups excluding carboxylic acids is 3. The highest BCUT2D eigenvalue weighted by Crippen LogP contribution is 2.20. The molecule has 0 atom stereocenters. The van der Waals surface area contributed by atoms with Crippen molar-refractivity contribution in [3.63, 3.8) is 0 Å². The number of aromatic nitrogens is 1. The highest BCUT2D eigenvalue weighted by atomic mass is 16.3. The van der Waals surface area contributed by atoms with Crippen molar-refractivity contribution in [1.29, 1.82) is 0 Å². The van der Waals surface area contributed by atoms with Gasteiger partial charge in [0.15, 0.2) is 5.76 Å². The van der Waals surface area contributed by atoms with Crippen LogP contribution in [0, 0.1) is 0 Å². The molecule has 0 radical (unpaired) electrons. The Morgan fingerprint density at radius 1 is 0.833 bits per heavy atom. The molecule has 0 saturated carbocycles. The average molecular weight is 402 g/mol. The second kappa shape index (κ2) is 7.96. The van der Waals surface area contributed by atoms with Gasteiger partial charge in [0.1, 0.15) is 0 Å². The van der Waals surface area contributed by atoms with Crippen LogP contribution in [-0.4, -0.2) is 22.3 Å². The van der Waals surface area contributed by atoms with Crippen LogP contribution >= 0.6 is 0 Å². The molecule has 0 unspecified atom stereocenters. The quantitative estimate of drug-likeness (QED) is 0.456. The third kappa shape index (κ3) is 3.79.